The van der Waals surface area contributed by atoms with E-state index in [1.165, 1.54) is 5.56 Å². The molecule has 0 saturated carbocycles. The second-order valence-electron chi connectivity index (χ2n) is 8.14. The van der Waals surface area contributed by atoms with Crippen molar-refractivity contribution in [3.8, 4) is 16.3 Å². The van der Waals surface area contributed by atoms with E-state index in [1.54, 1.807) is 16.0 Å². The molecule has 1 unspecified atom stereocenters. The van der Waals surface area contributed by atoms with E-state index >= 15 is 0 Å². The Morgan fingerprint density at radius 2 is 1.97 bits per heavy atom. The van der Waals surface area contributed by atoms with Gasteiger partial charge >= 0.3 is 0 Å². The van der Waals surface area contributed by atoms with Gasteiger partial charge in [-0.2, -0.15) is 5.10 Å². The number of amides is 1. The number of hydrogen-bond acceptors (Lipinski definition) is 4. The molecule has 1 atom stereocenters. The summed E-state index contributed by atoms with van der Waals surface area (Å²) in [6.07, 6.45) is 2.03. The minimum Gasteiger partial charge on any atom is -0.348 e. The smallest absolute Gasteiger partial charge is 0.270 e. The van der Waals surface area contributed by atoms with Crippen LogP contribution in [0, 0.1) is 13.8 Å². The van der Waals surface area contributed by atoms with Crippen LogP contribution in [-0.2, 0) is 0 Å². The van der Waals surface area contributed by atoms with Crippen LogP contribution in [0.4, 0.5) is 0 Å². The van der Waals surface area contributed by atoms with Gasteiger partial charge in [0, 0.05) is 6.04 Å². The SMILES string of the molecule is CCN(CC)CCCC(C)NC(=O)c1cc(-c2cccs2)nn1-c1ccc(C)cc1C. The van der Waals surface area contributed by atoms with Crippen molar-refractivity contribution in [3.63, 3.8) is 0 Å². The molecule has 0 radical (unpaired) electrons. The number of hydrogen-bond donors (Lipinski definition) is 1. The molecule has 2 heterocycles. The number of carbonyl (C=O) groups excluding carboxylic acids is 1. The van der Waals surface area contributed by atoms with Crippen LogP contribution in [0.2, 0.25) is 0 Å². The molecule has 2 aromatic heterocycles. The fourth-order valence-electron chi connectivity index (χ4n) is 3.85. The van der Waals surface area contributed by atoms with Gasteiger partial charge in [0.2, 0.25) is 0 Å². The van der Waals surface area contributed by atoms with Crippen molar-refractivity contribution in [3.05, 3.63) is 58.6 Å². The lowest BCUT2D eigenvalue weighted by molar-refractivity contribution is 0.0929. The highest BCUT2D eigenvalue weighted by Crippen LogP contribution is 2.27. The number of rotatable bonds is 10. The standard InChI is InChI=1S/C25H34N4OS/c1-6-28(7-2)14-8-10-20(5)26-25(30)23-17-21(24-11-9-15-31-24)27-29(23)22-13-12-18(3)16-19(22)4/h9,11-13,15-17,20H,6-8,10,14H2,1-5H3,(H,26,30). The second kappa shape index (κ2) is 10.7. The molecule has 0 bridgehead atoms. The molecule has 166 valence electrons. The van der Waals surface area contributed by atoms with Crippen LogP contribution in [0.3, 0.4) is 0 Å². The first-order valence-electron chi connectivity index (χ1n) is 11.2. The fourth-order valence-corrected chi connectivity index (χ4v) is 4.53. The summed E-state index contributed by atoms with van der Waals surface area (Å²) in [4.78, 5) is 16.7. The number of benzene rings is 1. The predicted molar refractivity (Wildman–Crippen MR) is 130 cm³/mol. The van der Waals surface area contributed by atoms with Gasteiger partial charge in [-0.15, -0.1) is 11.3 Å². The Bertz CT molecular complexity index is 989. The number of aromatic nitrogens is 2. The van der Waals surface area contributed by atoms with Crippen molar-refractivity contribution >= 4 is 17.2 Å². The number of aryl methyl sites for hydroxylation is 2. The molecule has 0 fully saturated rings. The molecule has 0 spiro atoms. The van der Waals surface area contributed by atoms with Gasteiger partial charge in [0.1, 0.15) is 11.4 Å². The minimum atomic E-state index is -0.0781. The molecule has 0 aliphatic carbocycles. The summed E-state index contributed by atoms with van der Waals surface area (Å²) in [5, 5.41) is 10.0. The summed E-state index contributed by atoms with van der Waals surface area (Å²) in [6, 6.07) is 12.3. The quantitative estimate of drug-likeness (QED) is 0.457. The molecule has 3 rings (SSSR count). The molecule has 0 aliphatic heterocycles. The van der Waals surface area contributed by atoms with Gasteiger partial charge in [0.15, 0.2) is 0 Å². The van der Waals surface area contributed by atoms with Crippen LogP contribution < -0.4 is 5.32 Å². The van der Waals surface area contributed by atoms with Crippen LogP contribution in [0.5, 0.6) is 0 Å². The molecule has 3 aromatic rings. The van der Waals surface area contributed by atoms with Gasteiger partial charge < -0.3 is 10.2 Å². The molecule has 1 aromatic carbocycles. The molecular weight excluding hydrogens is 404 g/mol. The van der Waals surface area contributed by atoms with Crippen LogP contribution in [0.1, 0.15) is 55.2 Å². The van der Waals surface area contributed by atoms with Gasteiger partial charge in [0.25, 0.3) is 5.91 Å². The molecule has 0 saturated heterocycles. The first-order chi connectivity index (χ1) is 14.9. The Balaban J connectivity index is 1.81. The maximum Gasteiger partial charge on any atom is 0.270 e. The molecule has 1 N–H and O–H groups in total. The van der Waals surface area contributed by atoms with Crippen molar-refractivity contribution in [1.29, 1.82) is 0 Å². The van der Waals surface area contributed by atoms with Gasteiger partial charge in [-0.05, 0) is 82.4 Å². The minimum absolute atomic E-state index is 0.0781. The fraction of sp³-hybridized carbons (Fsp3) is 0.440. The molecule has 6 heteroatoms. The average Bonchev–Trinajstić information content (AvgIpc) is 3.41. The Hall–Kier alpha value is -2.44. The highest BCUT2D eigenvalue weighted by Gasteiger charge is 2.20. The Labute approximate surface area is 190 Å². The predicted octanol–water partition coefficient (Wildman–Crippen LogP) is 5.46. The second-order valence-corrected chi connectivity index (χ2v) is 9.09. The van der Waals surface area contributed by atoms with E-state index in [2.05, 4.69) is 57.0 Å². The summed E-state index contributed by atoms with van der Waals surface area (Å²) >= 11 is 1.63. The maximum atomic E-state index is 13.2. The van der Waals surface area contributed by atoms with Crippen molar-refractivity contribution in [2.75, 3.05) is 19.6 Å². The summed E-state index contributed by atoms with van der Waals surface area (Å²) in [5.41, 5.74) is 4.63. The highest BCUT2D eigenvalue weighted by molar-refractivity contribution is 7.13. The van der Waals surface area contributed by atoms with Gasteiger partial charge in [-0.25, -0.2) is 4.68 Å². The van der Waals surface area contributed by atoms with Crippen molar-refractivity contribution in [1.82, 2.24) is 20.0 Å². The third-order valence-corrected chi connectivity index (χ3v) is 6.57. The summed E-state index contributed by atoms with van der Waals surface area (Å²) in [5.74, 6) is -0.0781. The third-order valence-electron chi connectivity index (χ3n) is 5.68. The van der Waals surface area contributed by atoms with Crippen LogP contribution in [0.25, 0.3) is 16.3 Å². The first kappa shape index (κ1) is 23.2. The molecule has 31 heavy (non-hydrogen) atoms. The summed E-state index contributed by atoms with van der Waals surface area (Å²) in [7, 11) is 0. The van der Waals surface area contributed by atoms with Crippen LogP contribution in [0.15, 0.2) is 41.8 Å². The van der Waals surface area contributed by atoms with Crippen molar-refractivity contribution in [2.45, 2.75) is 53.5 Å². The molecule has 5 nitrogen and oxygen atoms in total. The van der Waals surface area contributed by atoms with E-state index in [0.29, 0.717) is 5.69 Å². The number of nitrogens with zero attached hydrogens (tertiary/aromatic N) is 3. The zero-order valence-corrected chi connectivity index (χ0v) is 20.1. The van der Waals surface area contributed by atoms with E-state index in [9.17, 15) is 4.79 Å². The van der Waals surface area contributed by atoms with Gasteiger partial charge in [-0.1, -0.05) is 37.6 Å². The lowest BCUT2D eigenvalue weighted by Gasteiger charge is -2.20. The van der Waals surface area contributed by atoms with Crippen LogP contribution >= 0.6 is 11.3 Å². The van der Waals surface area contributed by atoms with Crippen molar-refractivity contribution in [2.24, 2.45) is 0 Å². The molecule has 0 aliphatic rings. The highest BCUT2D eigenvalue weighted by atomic mass is 32.1. The molecular formula is C25H34N4OS. The monoisotopic (exact) mass is 438 g/mol. The lowest BCUT2D eigenvalue weighted by atomic mass is 10.1. The number of thiophene rings is 1. The topological polar surface area (TPSA) is 50.2 Å². The maximum absolute atomic E-state index is 13.2. The Kier molecular flexibility index (Phi) is 8.04. The van der Waals surface area contributed by atoms with Crippen LogP contribution in [-0.4, -0.2) is 46.3 Å². The summed E-state index contributed by atoms with van der Waals surface area (Å²) in [6.45, 7) is 13.8. The average molecular weight is 439 g/mol. The van der Waals surface area contributed by atoms with E-state index in [1.807, 2.05) is 29.6 Å². The zero-order chi connectivity index (χ0) is 22.4. The number of nitrogens with one attached hydrogen (secondary N) is 1. The lowest BCUT2D eigenvalue weighted by Crippen LogP contribution is -2.34. The van der Waals surface area contributed by atoms with E-state index in [-0.39, 0.29) is 11.9 Å². The summed E-state index contributed by atoms with van der Waals surface area (Å²) < 4.78 is 1.79. The van der Waals surface area contributed by atoms with Crippen molar-refractivity contribution < 1.29 is 4.79 Å². The van der Waals surface area contributed by atoms with E-state index in [0.717, 1.165) is 54.3 Å². The first-order valence-corrected chi connectivity index (χ1v) is 12.1. The van der Waals surface area contributed by atoms with E-state index in [4.69, 9.17) is 5.10 Å². The Morgan fingerprint density at radius 1 is 1.19 bits per heavy atom. The zero-order valence-electron chi connectivity index (χ0n) is 19.3. The molecule has 1 amide bonds. The largest absolute Gasteiger partial charge is 0.348 e. The number of carbonyl (C=O) groups is 1. The van der Waals surface area contributed by atoms with Gasteiger partial charge in [0.05, 0.1) is 10.6 Å². The van der Waals surface area contributed by atoms with E-state index < -0.39 is 0 Å². The third kappa shape index (κ3) is 5.83. The van der Waals surface area contributed by atoms with Gasteiger partial charge in [-0.3, -0.25) is 4.79 Å². The normalized spacial score (nSPS) is 12.3. The Morgan fingerprint density at radius 3 is 2.61 bits per heavy atom.